The molecule has 0 N–H and O–H groups in total. The van der Waals surface area contributed by atoms with E-state index in [1.165, 1.54) is 30.0 Å². The summed E-state index contributed by atoms with van der Waals surface area (Å²) < 4.78 is 35.1. The Labute approximate surface area is 158 Å². The van der Waals surface area contributed by atoms with Crippen LogP contribution in [0.4, 0.5) is 8.78 Å². The molecule has 3 heterocycles. The molecule has 5 nitrogen and oxygen atoms in total. The number of hydrogen-bond donors (Lipinski definition) is 0. The van der Waals surface area contributed by atoms with Crippen molar-refractivity contribution in [2.45, 2.75) is 17.5 Å². The Morgan fingerprint density at radius 3 is 2.52 bits per heavy atom. The molecule has 0 saturated heterocycles. The first kappa shape index (κ1) is 17.4. The molecule has 0 radical (unpaired) electrons. The second-order valence-corrected chi connectivity index (χ2v) is 6.62. The molecule has 4 rings (SSSR count). The second kappa shape index (κ2) is 7.71. The third kappa shape index (κ3) is 3.75. The van der Waals surface area contributed by atoms with E-state index in [2.05, 4.69) is 15.2 Å². The van der Waals surface area contributed by atoms with Crippen LogP contribution in [0.2, 0.25) is 0 Å². The molecule has 8 heteroatoms. The van der Waals surface area contributed by atoms with Crippen molar-refractivity contribution in [3.8, 4) is 11.5 Å². The zero-order valence-electron chi connectivity index (χ0n) is 14.0. The molecule has 0 aliphatic heterocycles. The number of rotatable bonds is 6. The average Bonchev–Trinajstić information content (AvgIpc) is 3.33. The van der Waals surface area contributed by atoms with Crippen LogP contribution in [0, 0.1) is 11.6 Å². The zero-order valence-corrected chi connectivity index (χ0v) is 14.9. The number of hydrogen-bond acceptors (Lipinski definition) is 5. The molecule has 0 saturated carbocycles. The molecule has 0 aliphatic rings. The summed E-state index contributed by atoms with van der Waals surface area (Å²) in [5, 5.41) is 8.94. The highest BCUT2D eigenvalue weighted by atomic mass is 32.2. The number of furan rings is 1. The van der Waals surface area contributed by atoms with E-state index in [0.29, 0.717) is 29.0 Å². The molecule has 0 aliphatic carbocycles. The second-order valence-electron chi connectivity index (χ2n) is 5.68. The number of benzene rings is 1. The van der Waals surface area contributed by atoms with Gasteiger partial charge in [-0.15, -0.1) is 10.2 Å². The van der Waals surface area contributed by atoms with Crippen LogP contribution in [-0.2, 0) is 12.3 Å². The third-order valence-electron chi connectivity index (χ3n) is 3.91. The predicted molar refractivity (Wildman–Crippen MR) is 97.0 cm³/mol. The molecule has 3 aromatic heterocycles. The fourth-order valence-corrected chi connectivity index (χ4v) is 3.54. The van der Waals surface area contributed by atoms with Gasteiger partial charge < -0.3 is 4.42 Å². The van der Waals surface area contributed by atoms with E-state index in [4.69, 9.17) is 4.42 Å². The molecular formula is C19H14F2N4OS. The van der Waals surface area contributed by atoms with Gasteiger partial charge in [-0.3, -0.25) is 9.55 Å². The molecule has 0 amide bonds. The minimum Gasteiger partial charge on any atom is -0.467 e. The minimum absolute atomic E-state index is 0.00874. The van der Waals surface area contributed by atoms with Crippen LogP contribution in [0.15, 0.2) is 70.6 Å². The largest absolute Gasteiger partial charge is 0.467 e. The fourth-order valence-electron chi connectivity index (χ4n) is 2.59. The van der Waals surface area contributed by atoms with Gasteiger partial charge in [0.25, 0.3) is 0 Å². The standard InChI is InChI=1S/C19H14F2N4OS/c20-15-6-3-7-16(21)14(15)12-27-19-24-23-18(17-8-1-2-9-22-17)25(19)11-13-5-4-10-26-13/h1-10H,11-12H2. The maximum absolute atomic E-state index is 13.9. The Bertz CT molecular complexity index is 1020. The zero-order chi connectivity index (χ0) is 18.6. The van der Waals surface area contributed by atoms with Crippen molar-refractivity contribution >= 4 is 11.8 Å². The van der Waals surface area contributed by atoms with Gasteiger partial charge in [0, 0.05) is 17.5 Å². The third-order valence-corrected chi connectivity index (χ3v) is 4.91. The molecule has 0 atom stereocenters. The Kier molecular flexibility index (Phi) is 4.97. The molecule has 0 fully saturated rings. The lowest BCUT2D eigenvalue weighted by Crippen LogP contribution is -2.04. The van der Waals surface area contributed by atoms with Gasteiger partial charge in [-0.25, -0.2) is 8.78 Å². The maximum atomic E-state index is 13.9. The van der Waals surface area contributed by atoms with E-state index in [0.717, 1.165) is 0 Å². The number of halogens is 2. The summed E-state index contributed by atoms with van der Waals surface area (Å²) in [7, 11) is 0. The summed E-state index contributed by atoms with van der Waals surface area (Å²) in [6.45, 7) is 0.383. The summed E-state index contributed by atoms with van der Waals surface area (Å²) >= 11 is 1.21. The lowest BCUT2D eigenvalue weighted by Gasteiger charge is -2.09. The molecule has 27 heavy (non-hydrogen) atoms. The summed E-state index contributed by atoms with van der Waals surface area (Å²) in [4.78, 5) is 4.32. The summed E-state index contributed by atoms with van der Waals surface area (Å²) in [5.74, 6) is 0.209. The van der Waals surface area contributed by atoms with Crippen molar-refractivity contribution in [3.63, 3.8) is 0 Å². The van der Waals surface area contributed by atoms with Crippen molar-refractivity contribution in [3.05, 3.63) is 83.9 Å². The first-order valence-corrected chi connectivity index (χ1v) is 9.13. The van der Waals surface area contributed by atoms with Crippen LogP contribution in [-0.4, -0.2) is 19.7 Å². The van der Waals surface area contributed by atoms with Gasteiger partial charge in [-0.1, -0.05) is 23.9 Å². The van der Waals surface area contributed by atoms with Crippen LogP contribution in [0.1, 0.15) is 11.3 Å². The van der Waals surface area contributed by atoms with E-state index in [-0.39, 0.29) is 11.3 Å². The van der Waals surface area contributed by atoms with E-state index in [1.54, 1.807) is 18.5 Å². The topological polar surface area (TPSA) is 56.7 Å². The van der Waals surface area contributed by atoms with Crippen molar-refractivity contribution in [2.24, 2.45) is 0 Å². The van der Waals surface area contributed by atoms with Gasteiger partial charge in [-0.2, -0.15) is 0 Å². The van der Waals surface area contributed by atoms with Gasteiger partial charge in [0.1, 0.15) is 23.1 Å². The van der Waals surface area contributed by atoms with Crippen LogP contribution >= 0.6 is 11.8 Å². The van der Waals surface area contributed by atoms with Crippen LogP contribution in [0.3, 0.4) is 0 Å². The monoisotopic (exact) mass is 384 g/mol. The first-order valence-electron chi connectivity index (χ1n) is 8.15. The fraction of sp³-hybridized carbons (Fsp3) is 0.105. The lowest BCUT2D eigenvalue weighted by molar-refractivity contribution is 0.485. The summed E-state index contributed by atoms with van der Waals surface area (Å²) in [6.07, 6.45) is 3.25. The highest BCUT2D eigenvalue weighted by molar-refractivity contribution is 7.98. The SMILES string of the molecule is Fc1cccc(F)c1CSc1nnc(-c2ccccn2)n1Cc1ccco1. The van der Waals surface area contributed by atoms with Gasteiger partial charge in [0.2, 0.25) is 0 Å². The quantitative estimate of drug-likeness (QED) is 0.457. The number of pyridine rings is 1. The van der Waals surface area contributed by atoms with E-state index in [1.807, 2.05) is 28.8 Å². The molecule has 136 valence electrons. The van der Waals surface area contributed by atoms with Gasteiger partial charge in [-0.05, 0) is 36.4 Å². The lowest BCUT2D eigenvalue weighted by atomic mass is 10.2. The predicted octanol–water partition coefficient (Wildman–Crippen LogP) is 4.55. The molecular weight excluding hydrogens is 370 g/mol. The Balaban J connectivity index is 1.67. The van der Waals surface area contributed by atoms with Crippen molar-refractivity contribution in [1.29, 1.82) is 0 Å². The smallest absolute Gasteiger partial charge is 0.192 e. The number of thioether (sulfide) groups is 1. The van der Waals surface area contributed by atoms with Crippen LogP contribution in [0.5, 0.6) is 0 Å². The van der Waals surface area contributed by atoms with E-state index in [9.17, 15) is 8.78 Å². The number of nitrogens with zero attached hydrogens (tertiary/aromatic N) is 4. The average molecular weight is 384 g/mol. The molecule has 0 unspecified atom stereocenters. The van der Waals surface area contributed by atoms with E-state index >= 15 is 0 Å². The number of aromatic nitrogens is 4. The Morgan fingerprint density at radius 2 is 1.81 bits per heavy atom. The summed E-state index contributed by atoms with van der Waals surface area (Å²) in [6, 6.07) is 13.0. The molecule has 0 bridgehead atoms. The maximum Gasteiger partial charge on any atom is 0.192 e. The highest BCUT2D eigenvalue weighted by Gasteiger charge is 2.18. The Hall–Kier alpha value is -3.00. The van der Waals surface area contributed by atoms with Crippen molar-refractivity contribution in [1.82, 2.24) is 19.7 Å². The van der Waals surface area contributed by atoms with Crippen molar-refractivity contribution < 1.29 is 13.2 Å². The van der Waals surface area contributed by atoms with Gasteiger partial charge >= 0.3 is 0 Å². The highest BCUT2D eigenvalue weighted by Crippen LogP contribution is 2.28. The van der Waals surface area contributed by atoms with Gasteiger partial charge in [0.05, 0.1) is 12.8 Å². The molecule has 1 aromatic carbocycles. The van der Waals surface area contributed by atoms with Crippen LogP contribution in [0.25, 0.3) is 11.5 Å². The first-order chi connectivity index (χ1) is 13.2. The summed E-state index contributed by atoms with van der Waals surface area (Å²) in [5.41, 5.74) is 0.662. The van der Waals surface area contributed by atoms with E-state index < -0.39 is 11.6 Å². The Morgan fingerprint density at radius 1 is 0.963 bits per heavy atom. The normalized spacial score (nSPS) is 11.0. The van der Waals surface area contributed by atoms with Crippen molar-refractivity contribution in [2.75, 3.05) is 0 Å². The minimum atomic E-state index is -0.579. The molecule has 0 spiro atoms. The van der Waals surface area contributed by atoms with Crippen LogP contribution < -0.4 is 0 Å². The molecule has 4 aromatic rings. The van der Waals surface area contributed by atoms with Gasteiger partial charge in [0.15, 0.2) is 11.0 Å².